The van der Waals surface area contributed by atoms with Gasteiger partial charge in [0.2, 0.25) is 0 Å². The minimum atomic E-state index is -0.0217. The Morgan fingerprint density at radius 2 is 1.89 bits per heavy atom. The summed E-state index contributed by atoms with van der Waals surface area (Å²) in [4.78, 5) is 0. The lowest BCUT2D eigenvalue weighted by molar-refractivity contribution is 0.198. The van der Waals surface area contributed by atoms with Crippen LogP contribution in [0.5, 0.6) is 0 Å². The van der Waals surface area contributed by atoms with Gasteiger partial charge in [-0.15, -0.1) is 0 Å². The molecule has 0 spiro atoms. The van der Waals surface area contributed by atoms with Crippen LogP contribution in [0.2, 0.25) is 0 Å². The minimum absolute atomic E-state index is 0.0217. The maximum Gasteiger partial charge on any atom is 0.126 e. The molecule has 1 aromatic rings. The second-order valence-electron chi connectivity index (χ2n) is 7.00. The number of nitrogens with one attached hydrogen (secondary N) is 1. The van der Waals surface area contributed by atoms with Crippen molar-refractivity contribution in [3.63, 3.8) is 0 Å². The summed E-state index contributed by atoms with van der Waals surface area (Å²) in [7, 11) is 0. The average molecular weight is 261 g/mol. The predicted molar refractivity (Wildman–Crippen MR) is 76.6 cm³/mol. The van der Waals surface area contributed by atoms with Crippen molar-refractivity contribution in [2.75, 3.05) is 0 Å². The lowest BCUT2D eigenvalue weighted by Crippen LogP contribution is -2.37. The van der Waals surface area contributed by atoms with Crippen LogP contribution in [0.4, 0.5) is 4.39 Å². The van der Waals surface area contributed by atoms with Crippen LogP contribution in [-0.4, -0.2) is 6.04 Å². The highest BCUT2D eigenvalue weighted by molar-refractivity contribution is 5.35. The SMILES string of the molecule is CC1(C)CCC(NC2CCc3c(F)cccc32)CC1. The van der Waals surface area contributed by atoms with Gasteiger partial charge in [0.15, 0.2) is 0 Å². The molecule has 0 heterocycles. The summed E-state index contributed by atoms with van der Waals surface area (Å²) in [6.45, 7) is 4.73. The highest BCUT2D eigenvalue weighted by Crippen LogP contribution is 2.38. The summed E-state index contributed by atoms with van der Waals surface area (Å²) in [5.41, 5.74) is 2.65. The second kappa shape index (κ2) is 4.90. The van der Waals surface area contributed by atoms with E-state index in [0.29, 0.717) is 17.5 Å². The fourth-order valence-corrected chi connectivity index (χ4v) is 3.63. The van der Waals surface area contributed by atoms with Gasteiger partial charge in [0.1, 0.15) is 5.82 Å². The van der Waals surface area contributed by atoms with E-state index in [1.165, 1.54) is 31.2 Å². The van der Waals surface area contributed by atoms with Crippen LogP contribution < -0.4 is 5.32 Å². The summed E-state index contributed by atoms with van der Waals surface area (Å²) >= 11 is 0. The van der Waals surface area contributed by atoms with Gasteiger partial charge in [0.05, 0.1) is 0 Å². The van der Waals surface area contributed by atoms with E-state index >= 15 is 0 Å². The number of hydrogen-bond acceptors (Lipinski definition) is 1. The molecule has 2 heteroatoms. The Hall–Kier alpha value is -0.890. The molecule has 3 rings (SSSR count). The standard InChI is InChI=1S/C17H24FN/c1-17(2)10-8-12(9-11-17)19-16-7-6-13-14(16)4-3-5-15(13)18/h3-5,12,16,19H,6-11H2,1-2H3. The largest absolute Gasteiger partial charge is 0.307 e. The molecular formula is C17H24FN. The van der Waals surface area contributed by atoms with Crippen LogP contribution in [0, 0.1) is 11.2 Å². The fraction of sp³-hybridized carbons (Fsp3) is 0.647. The smallest absolute Gasteiger partial charge is 0.126 e. The van der Waals surface area contributed by atoms with Gasteiger partial charge < -0.3 is 5.32 Å². The van der Waals surface area contributed by atoms with E-state index in [1.807, 2.05) is 6.07 Å². The zero-order valence-electron chi connectivity index (χ0n) is 12.0. The van der Waals surface area contributed by atoms with Crippen LogP contribution in [0.3, 0.4) is 0 Å². The molecule has 2 aliphatic carbocycles. The van der Waals surface area contributed by atoms with Crippen LogP contribution in [0.1, 0.15) is 63.1 Å². The summed E-state index contributed by atoms with van der Waals surface area (Å²) in [6.07, 6.45) is 7.05. The first-order chi connectivity index (χ1) is 9.05. The van der Waals surface area contributed by atoms with Crippen molar-refractivity contribution in [3.05, 3.63) is 35.1 Å². The van der Waals surface area contributed by atoms with Crippen LogP contribution in [0.15, 0.2) is 18.2 Å². The molecule has 0 radical (unpaired) electrons. The molecule has 1 nitrogen and oxygen atoms in total. The Morgan fingerprint density at radius 1 is 1.16 bits per heavy atom. The second-order valence-corrected chi connectivity index (χ2v) is 7.00. The van der Waals surface area contributed by atoms with E-state index in [0.717, 1.165) is 18.4 Å². The minimum Gasteiger partial charge on any atom is -0.307 e. The molecule has 2 aliphatic rings. The fourth-order valence-electron chi connectivity index (χ4n) is 3.63. The maximum atomic E-state index is 13.7. The molecule has 1 unspecified atom stereocenters. The third-order valence-corrected chi connectivity index (χ3v) is 4.99. The van der Waals surface area contributed by atoms with Gasteiger partial charge in [-0.05, 0) is 61.1 Å². The first-order valence-corrected chi connectivity index (χ1v) is 7.58. The van der Waals surface area contributed by atoms with Crippen molar-refractivity contribution < 1.29 is 4.39 Å². The molecular weight excluding hydrogens is 237 g/mol. The third kappa shape index (κ3) is 2.69. The molecule has 0 bridgehead atoms. The first-order valence-electron chi connectivity index (χ1n) is 7.58. The normalized spacial score (nSPS) is 26.4. The number of halogens is 1. The van der Waals surface area contributed by atoms with Crippen LogP contribution in [-0.2, 0) is 6.42 Å². The molecule has 0 saturated heterocycles. The van der Waals surface area contributed by atoms with E-state index in [4.69, 9.17) is 0 Å². The summed E-state index contributed by atoms with van der Waals surface area (Å²) in [5.74, 6) is -0.0217. The summed E-state index contributed by atoms with van der Waals surface area (Å²) in [5, 5.41) is 3.77. The van der Waals surface area contributed by atoms with Gasteiger partial charge >= 0.3 is 0 Å². The van der Waals surface area contributed by atoms with Crippen molar-refractivity contribution >= 4 is 0 Å². The number of hydrogen-bond donors (Lipinski definition) is 1. The first kappa shape index (κ1) is 13.1. The van der Waals surface area contributed by atoms with E-state index in [9.17, 15) is 4.39 Å². The molecule has 1 aromatic carbocycles. The van der Waals surface area contributed by atoms with E-state index < -0.39 is 0 Å². The Morgan fingerprint density at radius 3 is 2.63 bits per heavy atom. The summed E-state index contributed by atoms with van der Waals surface area (Å²) < 4.78 is 13.7. The molecule has 1 saturated carbocycles. The lowest BCUT2D eigenvalue weighted by Gasteiger charge is -2.36. The highest BCUT2D eigenvalue weighted by atomic mass is 19.1. The van der Waals surface area contributed by atoms with Gasteiger partial charge in [0.25, 0.3) is 0 Å². The number of benzene rings is 1. The van der Waals surface area contributed by atoms with Crippen LogP contribution in [0.25, 0.3) is 0 Å². The highest BCUT2D eigenvalue weighted by Gasteiger charge is 2.30. The Kier molecular flexibility index (Phi) is 3.38. The van der Waals surface area contributed by atoms with Crippen molar-refractivity contribution in [2.45, 2.75) is 64.5 Å². The molecule has 1 fully saturated rings. The predicted octanol–water partition coefficient (Wildman–Crippen LogP) is 4.37. The van der Waals surface area contributed by atoms with E-state index in [2.05, 4.69) is 25.2 Å². The topological polar surface area (TPSA) is 12.0 Å². The number of fused-ring (bicyclic) bond motifs is 1. The zero-order chi connectivity index (χ0) is 13.5. The van der Waals surface area contributed by atoms with Crippen molar-refractivity contribution in [3.8, 4) is 0 Å². The third-order valence-electron chi connectivity index (χ3n) is 4.99. The average Bonchev–Trinajstić information content (AvgIpc) is 2.77. The lowest BCUT2D eigenvalue weighted by atomic mass is 9.75. The summed E-state index contributed by atoms with van der Waals surface area (Å²) in [6, 6.07) is 6.52. The Bertz CT molecular complexity index is 456. The van der Waals surface area contributed by atoms with Gasteiger partial charge in [0, 0.05) is 12.1 Å². The van der Waals surface area contributed by atoms with E-state index in [1.54, 1.807) is 6.07 Å². The van der Waals surface area contributed by atoms with Crippen molar-refractivity contribution in [1.29, 1.82) is 0 Å². The van der Waals surface area contributed by atoms with Gasteiger partial charge in [-0.25, -0.2) is 4.39 Å². The van der Waals surface area contributed by atoms with Gasteiger partial charge in [-0.2, -0.15) is 0 Å². The monoisotopic (exact) mass is 261 g/mol. The van der Waals surface area contributed by atoms with Crippen molar-refractivity contribution in [2.24, 2.45) is 5.41 Å². The molecule has 0 aliphatic heterocycles. The molecule has 0 aromatic heterocycles. The van der Waals surface area contributed by atoms with E-state index in [-0.39, 0.29) is 5.82 Å². The molecule has 1 atom stereocenters. The molecule has 19 heavy (non-hydrogen) atoms. The zero-order valence-corrected chi connectivity index (χ0v) is 12.0. The van der Waals surface area contributed by atoms with Crippen LogP contribution >= 0.6 is 0 Å². The van der Waals surface area contributed by atoms with Gasteiger partial charge in [-0.3, -0.25) is 0 Å². The van der Waals surface area contributed by atoms with Gasteiger partial charge in [-0.1, -0.05) is 26.0 Å². The maximum absolute atomic E-state index is 13.7. The Labute approximate surface area is 115 Å². The molecule has 104 valence electrons. The Balaban J connectivity index is 1.66. The molecule has 1 N–H and O–H groups in total. The quantitative estimate of drug-likeness (QED) is 0.833. The number of rotatable bonds is 2. The molecule has 0 amide bonds. The van der Waals surface area contributed by atoms with Crippen molar-refractivity contribution in [1.82, 2.24) is 5.32 Å².